The average Bonchev–Trinajstić information content (AvgIpc) is 2.11. The summed E-state index contributed by atoms with van der Waals surface area (Å²) in [5.41, 5.74) is 0.806. The zero-order valence-electron chi connectivity index (χ0n) is 7.56. The summed E-state index contributed by atoms with van der Waals surface area (Å²) in [7, 11) is 0. The second-order valence-corrected chi connectivity index (χ2v) is 3.66. The second-order valence-electron chi connectivity index (χ2n) is 2.79. The van der Waals surface area contributed by atoms with E-state index >= 15 is 0 Å². The third-order valence-corrected chi connectivity index (χ3v) is 1.99. The van der Waals surface area contributed by atoms with E-state index in [1.54, 1.807) is 18.2 Å². The molecule has 0 heterocycles. The molecule has 0 unspecified atom stereocenters. The molecule has 1 aromatic rings. The Bertz CT molecular complexity index is 343. The monoisotopic (exact) mass is 228 g/mol. The summed E-state index contributed by atoms with van der Waals surface area (Å²) in [5.74, 6) is 5.86. The minimum absolute atomic E-state index is 0.172. The lowest BCUT2D eigenvalue weighted by Crippen LogP contribution is -1.79. The van der Waals surface area contributed by atoms with Crippen LogP contribution >= 0.6 is 23.2 Å². The number of hydrogen-bond acceptors (Lipinski definition) is 1. The van der Waals surface area contributed by atoms with Crippen molar-refractivity contribution in [3.63, 3.8) is 0 Å². The van der Waals surface area contributed by atoms with Gasteiger partial charge in [-0.15, -0.1) is 0 Å². The highest BCUT2D eigenvalue weighted by Crippen LogP contribution is 2.18. The van der Waals surface area contributed by atoms with Gasteiger partial charge in [0.25, 0.3) is 0 Å². The molecular weight excluding hydrogens is 219 g/mol. The van der Waals surface area contributed by atoms with E-state index in [-0.39, 0.29) is 6.61 Å². The van der Waals surface area contributed by atoms with Crippen molar-refractivity contribution < 1.29 is 5.11 Å². The number of rotatable bonds is 2. The number of hydrogen-bond donors (Lipinski definition) is 1. The summed E-state index contributed by atoms with van der Waals surface area (Å²) in [4.78, 5) is 0. The van der Waals surface area contributed by atoms with Crippen molar-refractivity contribution >= 4 is 23.2 Å². The molecule has 0 saturated heterocycles. The lowest BCUT2D eigenvalue weighted by atomic mass is 10.2. The van der Waals surface area contributed by atoms with Crippen molar-refractivity contribution in [3.05, 3.63) is 33.8 Å². The predicted octanol–water partition coefficient (Wildman–Crippen LogP) is 3.12. The number of benzene rings is 1. The van der Waals surface area contributed by atoms with Crippen molar-refractivity contribution in [2.75, 3.05) is 6.61 Å². The molecule has 1 aromatic carbocycles. The SMILES string of the molecule is OCCCC#Cc1cc(Cl)cc(Cl)c1. The zero-order chi connectivity index (χ0) is 10.4. The van der Waals surface area contributed by atoms with Crippen LogP contribution in [0.1, 0.15) is 18.4 Å². The van der Waals surface area contributed by atoms with Crippen molar-refractivity contribution in [1.82, 2.24) is 0 Å². The molecule has 0 amide bonds. The molecule has 0 aliphatic rings. The highest BCUT2D eigenvalue weighted by molar-refractivity contribution is 6.34. The molecular formula is C11H10Cl2O. The summed E-state index contributed by atoms with van der Waals surface area (Å²) in [6, 6.07) is 5.20. The van der Waals surface area contributed by atoms with E-state index in [1.807, 2.05) is 0 Å². The van der Waals surface area contributed by atoms with Crippen LogP contribution in [0.25, 0.3) is 0 Å². The first kappa shape index (κ1) is 11.4. The van der Waals surface area contributed by atoms with E-state index in [0.717, 1.165) is 5.56 Å². The summed E-state index contributed by atoms with van der Waals surface area (Å²) in [5, 5.41) is 9.72. The Morgan fingerprint density at radius 3 is 2.36 bits per heavy atom. The van der Waals surface area contributed by atoms with Gasteiger partial charge in [-0.3, -0.25) is 0 Å². The molecule has 14 heavy (non-hydrogen) atoms. The summed E-state index contributed by atoms with van der Waals surface area (Å²) in [6.45, 7) is 0.172. The van der Waals surface area contributed by atoms with Gasteiger partial charge in [-0.2, -0.15) is 0 Å². The van der Waals surface area contributed by atoms with Gasteiger partial charge >= 0.3 is 0 Å². The van der Waals surface area contributed by atoms with E-state index < -0.39 is 0 Å². The first-order valence-electron chi connectivity index (χ1n) is 4.28. The maximum absolute atomic E-state index is 8.54. The molecule has 0 atom stereocenters. The first-order valence-corrected chi connectivity index (χ1v) is 5.04. The maximum atomic E-state index is 8.54. The smallest absolute Gasteiger partial charge is 0.0440 e. The Hall–Kier alpha value is -0.680. The molecule has 3 heteroatoms. The Kier molecular flexibility index (Phi) is 4.82. The van der Waals surface area contributed by atoms with Gasteiger partial charge in [0.2, 0.25) is 0 Å². The van der Waals surface area contributed by atoms with Crippen molar-refractivity contribution in [3.8, 4) is 11.8 Å². The fourth-order valence-electron chi connectivity index (χ4n) is 0.958. The van der Waals surface area contributed by atoms with Crippen molar-refractivity contribution in [2.24, 2.45) is 0 Å². The Morgan fingerprint density at radius 2 is 1.79 bits per heavy atom. The van der Waals surface area contributed by atoms with Crippen molar-refractivity contribution in [2.45, 2.75) is 12.8 Å². The maximum Gasteiger partial charge on any atom is 0.0440 e. The van der Waals surface area contributed by atoms with Crippen LogP contribution in [0.5, 0.6) is 0 Å². The Labute approximate surface area is 93.7 Å². The third-order valence-electron chi connectivity index (χ3n) is 1.56. The van der Waals surface area contributed by atoms with Gasteiger partial charge in [-0.25, -0.2) is 0 Å². The lowest BCUT2D eigenvalue weighted by Gasteiger charge is -1.94. The van der Waals surface area contributed by atoms with Crippen LogP contribution in [0.15, 0.2) is 18.2 Å². The second kappa shape index (κ2) is 5.93. The molecule has 1 N–H and O–H groups in total. The van der Waals surface area contributed by atoms with Gasteiger partial charge in [0, 0.05) is 28.6 Å². The molecule has 0 spiro atoms. The molecule has 0 aromatic heterocycles. The van der Waals surface area contributed by atoms with Gasteiger partial charge in [0.15, 0.2) is 0 Å². The Balaban J connectivity index is 2.69. The molecule has 0 fully saturated rings. The van der Waals surface area contributed by atoms with E-state index in [1.165, 1.54) is 0 Å². The summed E-state index contributed by atoms with van der Waals surface area (Å²) < 4.78 is 0. The first-order chi connectivity index (χ1) is 6.72. The van der Waals surface area contributed by atoms with E-state index in [0.29, 0.717) is 22.9 Å². The van der Waals surface area contributed by atoms with Gasteiger partial charge in [-0.1, -0.05) is 35.0 Å². The predicted molar refractivity (Wildman–Crippen MR) is 59.7 cm³/mol. The lowest BCUT2D eigenvalue weighted by molar-refractivity contribution is 0.290. The third kappa shape index (κ3) is 4.02. The molecule has 74 valence electrons. The van der Waals surface area contributed by atoms with E-state index in [4.69, 9.17) is 28.3 Å². The fourth-order valence-corrected chi connectivity index (χ4v) is 1.48. The van der Waals surface area contributed by atoms with Crippen LogP contribution in [0.3, 0.4) is 0 Å². The number of aliphatic hydroxyl groups excluding tert-OH is 1. The zero-order valence-corrected chi connectivity index (χ0v) is 9.07. The molecule has 0 aliphatic carbocycles. The number of unbranched alkanes of at least 4 members (excludes halogenated alkanes) is 1. The summed E-state index contributed by atoms with van der Waals surface area (Å²) >= 11 is 11.6. The van der Waals surface area contributed by atoms with Crippen LogP contribution < -0.4 is 0 Å². The Morgan fingerprint density at radius 1 is 1.14 bits per heavy atom. The minimum atomic E-state index is 0.172. The highest BCUT2D eigenvalue weighted by Gasteiger charge is 1.94. The number of aliphatic hydroxyl groups is 1. The molecule has 0 saturated carbocycles. The van der Waals surface area contributed by atoms with Gasteiger partial charge in [-0.05, 0) is 24.6 Å². The van der Waals surface area contributed by atoms with Gasteiger partial charge in [0.05, 0.1) is 0 Å². The van der Waals surface area contributed by atoms with E-state index in [2.05, 4.69) is 11.8 Å². The van der Waals surface area contributed by atoms with Crippen LogP contribution in [-0.4, -0.2) is 11.7 Å². The van der Waals surface area contributed by atoms with Crippen molar-refractivity contribution in [1.29, 1.82) is 0 Å². The molecule has 1 nitrogen and oxygen atoms in total. The molecule has 0 aliphatic heterocycles. The van der Waals surface area contributed by atoms with Gasteiger partial charge < -0.3 is 5.11 Å². The summed E-state index contributed by atoms with van der Waals surface area (Å²) in [6.07, 6.45) is 1.38. The highest BCUT2D eigenvalue weighted by atomic mass is 35.5. The topological polar surface area (TPSA) is 20.2 Å². The van der Waals surface area contributed by atoms with Crippen LogP contribution in [0.2, 0.25) is 10.0 Å². The van der Waals surface area contributed by atoms with E-state index in [9.17, 15) is 0 Å². The fraction of sp³-hybridized carbons (Fsp3) is 0.273. The van der Waals surface area contributed by atoms with Gasteiger partial charge in [0.1, 0.15) is 0 Å². The molecule has 0 radical (unpaired) electrons. The molecule has 1 rings (SSSR count). The van der Waals surface area contributed by atoms with Crippen LogP contribution in [-0.2, 0) is 0 Å². The van der Waals surface area contributed by atoms with Crippen LogP contribution in [0, 0.1) is 11.8 Å². The largest absolute Gasteiger partial charge is 0.396 e. The molecule has 0 bridgehead atoms. The average molecular weight is 229 g/mol. The normalized spacial score (nSPS) is 9.36. The minimum Gasteiger partial charge on any atom is -0.396 e. The standard InChI is InChI=1S/C11H10Cl2O/c12-10-6-9(7-11(13)8-10)4-2-1-3-5-14/h6-8,14H,1,3,5H2. The van der Waals surface area contributed by atoms with Crippen LogP contribution in [0.4, 0.5) is 0 Å². The number of halogens is 2. The quantitative estimate of drug-likeness (QED) is 0.610.